The molecule has 0 saturated carbocycles. The lowest BCUT2D eigenvalue weighted by Crippen LogP contribution is -2.05. The van der Waals surface area contributed by atoms with Crippen LogP contribution in [0, 0.1) is 12.3 Å². The molecule has 2 aromatic rings. The van der Waals surface area contributed by atoms with Gasteiger partial charge in [0, 0.05) is 12.4 Å². The maximum Gasteiger partial charge on any atom is 0.340 e. The Hall–Kier alpha value is -2.41. The first-order chi connectivity index (χ1) is 7.81. The first kappa shape index (κ1) is 10.1. The number of aromatic nitrogens is 2. The third-order valence-corrected chi connectivity index (χ3v) is 1.97. The largest absolute Gasteiger partial charge is 0.449 e. The molecular formula is C12H8N2O2. The van der Waals surface area contributed by atoms with Crippen LogP contribution in [-0.2, 0) is 4.74 Å². The summed E-state index contributed by atoms with van der Waals surface area (Å²) in [5.74, 6) is 1.74. The second-order valence-corrected chi connectivity index (χ2v) is 3.05. The summed E-state index contributed by atoms with van der Waals surface area (Å²) in [4.78, 5) is 19.7. The lowest BCUT2D eigenvalue weighted by atomic mass is 10.2. The summed E-state index contributed by atoms with van der Waals surface area (Å²) < 4.78 is 4.78. The number of fused-ring (bicyclic) bond motifs is 1. The third kappa shape index (κ3) is 1.98. The van der Waals surface area contributed by atoms with Crippen molar-refractivity contribution in [3.05, 3.63) is 36.2 Å². The fraction of sp³-hybridized carbons (Fsp3) is 0.0833. The van der Waals surface area contributed by atoms with E-state index in [0.29, 0.717) is 11.1 Å². The molecule has 2 aromatic heterocycles. The van der Waals surface area contributed by atoms with E-state index in [2.05, 4.69) is 15.9 Å². The van der Waals surface area contributed by atoms with Crippen LogP contribution in [0.1, 0.15) is 10.4 Å². The van der Waals surface area contributed by atoms with Crippen LogP contribution in [-0.4, -0.2) is 22.5 Å². The van der Waals surface area contributed by atoms with E-state index in [4.69, 9.17) is 11.2 Å². The van der Waals surface area contributed by atoms with Crippen molar-refractivity contribution in [1.82, 2.24) is 9.97 Å². The van der Waals surface area contributed by atoms with Crippen LogP contribution in [0.5, 0.6) is 0 Å². The zero-order valence-corrected chi connectivity index (χ0v) is 8.38. The summed E-state index contributed by atoms with van der Waals surface area (Å²) in [6.07, 6.45) is 8.08. The Morgan fingerprint density at radius 3 is 3.12 bits per heavy atom. The maximum absolute atomic E-state index is 11.5. The molecule has 2 heterocycles. The molecule has 0 atom stereocenters. The summed E-state index contributed by atoms with van der Waals surface area (Å²) in [6.45, 7) is -0.0426. The maximum atomic E-state index is 11.5. The fourth-order valence-electron chi connectivity index (χ4n) is 1.26. The van der Waals surface area contributed by atoms with Gasteiger partial charge in [-0.2, -0.15) is 0 Å². The molecule has 78 valence electrons. The van der Waals surface area contributed by atoms with E-state index in [1.165, 1.54) is 6.20 Å². The van der Waals surface area contributed by atoms with Gasteiger partial charge in [0.05, 0.1) is 16.6 Å². The predicted octanol–water partition coefficient (Wildman–Crippen LogP) is 1.42. The molecule has 16 heavy (non-hydrogen) atoms. The molecule has 0 saturated heterocycles. The van der Waals surface area contributed by atoms with Gasteiger partial charge < -0.3 is 4.74 Å². The number of ether oxygens (including phenoxy) is 1. The van der Waals surface area contributed by atoms with Crippen molar-refractivity contribution in [1.29, 1.82) is 0 Å². The molecule has 0 aliphatic carbocycles. The average Bonchev–Trinajstić information content (AvgIpc) is 2.35. The van der Waals surface area contributed by atoms with Gasteiger partial charge in [-0.25, -0.2) is 4.79 Å². The Balaban J connectivity index is 2.33. The fourth-order valence-corrected chi connectivity index (χ4v) is 1.26. The lowest BCUT2D eigenvalue weighted by Gasteiger charge is -2.01. The van der Waals surface area contributed by atoms with Gasteiger partial charge in [-0.15, -0.1) is 6.42 Å². The number of hydrogen-bond donors (Lipinski definition) is 0. The molecule has 0 aromatic carbocycles. The number of hydrogen-bond acceptors (Lipinski definition) is 4. The highest BCUT2D eigenvalue weighted by molar-refractivity contribution is 5.92. The third-order valence-electron chi connectivity index (χ3n) is 1.97. The minimum Gasteiger partial charge on any atom is -0.449 e. The molecule has 4 heteroatoms. The number of nitrogens with zero attached hydrogens (tertiary/aromatic N) is 2. The van der Waals surface area contributed by atoms with Crippen LogP contribution in [0.3, 0.4) is 0 Å². The van der Waals surface area contributed by atoms with Gasteiger partial charge in [-0.05, 0) is 18.2 Å². The molecule has 2 rings (SSSR count). The van der Waals surface area contributed by atoms with Gasteiger partial charge in [-0.3, -0.25) is 9.97 Å². The Morgan fingerprint density at radius 1 is 1.44 bits per heavy atom. The van der Waals surface area contributed by atoms with Crippen molar-refractivity contribution in [2.24, 2.45) is 0 Å². The van der Waals surface area contributed by atoms with Crippen LogP contribution in [0.4, 0.5) is 0 Å². The molecule has 4 nitrogen and oxygen atoms in total. The predicted molar refractivity (Wildman–Crippen MR) is 58.7 cm³/mol. The van der Waals surface area contributed by atoms with Gasteiger partial charge in [0.1, 0.15) is 0 Å². The smallest absolute Gasteiger partial charge is 0.340 e. The van der Waals surface area contributed by atoms with Gasteiger partial charge >= 0.3 is 5.97 Å². The van der Waals surface area contributed by atoms with E-state index in [9.17, 15) is 4.79 Å². The van der Waals surface area contributed by atoms with Crippen LogP contribution >= 0.6 is 0 Å². The average molecular weight is 212 g/mol. The van der Waals surface area contributed by atoms with Gasteiger partial charge in [-0.1, -0.05) is 5.92 Å². The summed E-state index contributed by atoms with van der Waals surface area (Å²) in [7, 11) is 0. The molecule has 0 spiro atoms. The Kier molecular flexibility index (Phi) is 2.79. The molecule has 0 aliphatic rings. The van der Waals surface area contributed by atoms with Crippen LogP contribution in [0.15, 0.2) is 30.6 Å². The van der Waals surface area contributed by atoms with Crippen molar-refractivity contribution in [2.75, 3.05) is 6.61 Å². The summed E-state index contributed by atoms with van der Waals surface area (Å²) in [5.41, 5.74) is 1.73. The number of carbonyl (C=O) groups excluding carboxylic acids is 1. The van der Waals surface area contributed by atoms with E-state index < -0.39 is 5.97 Å². The molecule has 0 bridgehead atoms. The van der Waals surface area contributed by atoms with Crippen molar-refractivity contribution < 1.29 is 9.53 Å². The monoisotopic (exact) mass is 212 g/mol. The topological polar surface area (TPSA) is 52.1 Å². The zero-order chi connectivity index (χ0) is 11.4. The van der Waals surface area contributed by atoms with Crippen LogP contribution < -0.4 is 0 Å². The molecule has 0 aliphatic heterocycles. The number of pyridine rings is 2. The highest BCUT2D eigenvalue weighted by Crippen LogP contribution is 2.10. The molecule has 0 N–H and O–H groups in total. The molecule has 0 unspecified atom stereocenters. The second kappa shape index (κ2) is 4.41. The van der Waals surface area contributed by atoms with Crippen LogP contribution in [0.25, 0.3) is 11.0 Å². The lowest BCUT2D eigenvalue weighted by molar-refractivity contribution is 0.0556. The first-order valence-electron chi connectivity index (χ1n) is 4.62. The second-order valence-electron chi connectivity index (χ2n) is 3.05. The highest BCUT2D eigenvalue weighted by Gasteiger charge is 2.08. The standard InChI is InChI=1S/C12H8N2O2/c1-2-6-16-12(15)9-7-11-10(14-8-9)4-3-5-13-11/h1,3-5,7-8H,6H2. The van der Waals surface area contributed by atoms with Gasteiger partial charge in [0.25, 0.3) is 0 Å². The zero-order valence-electron chi connectivity index (χ0n) is 8.38. The molecule has 0 radical (unpaired) electrons. The van der Waals surface area contributed by atoms with Crippen molar-refractivity contribution in [3.8, 4) is 12.3 Å². The number of terminal acetylenes is 1. The van der Waals surface area contributed by atoms with E-state index in [-0.39, 0.29) is 6.61 Å². The van der Waals surface area contributed by atoms with E-state index in [1.54, 1.807) is 18.3 Å². The summed E-state index contributed by atoms with van der Waals surface area (Å²) in [5, 5.41) is 0. The summed E-state index contributed by atoms with van der Waals surface area (Å²) >= 11 is 0. The molecular weight excluding hydrogens is 204 g/mol. The number of esters is 1. The van der Waals surface area contributed by atoms with E-state index >= 15 is 0 Å². The van der Waals surface area contributed by atoms with Crippen molar-refractivity contribution in [2.45, 2.75) is 0 Å². The van der Waals surface area contributed by atoms with Crippen molar-refractivity contribution >= 4 is 17.0 Å². The van der Waals surface area contributed by atoms with Crippen LogP contribution in [0.2, 0.25) is 0 Å². The molecule has 0 amide bonds. The molecule has 0 fully saturated rings. The normalized spacial score (nSPS) is 9.69. The van der Waals surface area contributed by atoms with E-state index in [0.717, 1.165) is 5.52 Å². The number of carbonyl (C=O) groups is 1. The minimum atomic E-state index is -0.488. The van der Waals surface area contributed by atoms with Gasteiger partial charge in [0.15, 0.2) is 6.61 Å². The van der Waals surface area contributed by atoms with Crippen molar-refractivity contribution in [3.63, 3.8) is 0 Å². The first-order valence-corrected chi connectivity index (χ1v) is 4.62. The summed E-state index contributed by atoms with van der Waals surface area (Å²) in [6, 6.07) is 5.23. The number of rotatable bonds is 2. The minimum absolute atomic E-state index is 0.0426. The Bertz CT molecular complexity index is 572. The highest BCUT2D eigenvalue weighted by atomic mass is 16.5. The Labute approximate surface area is 92.3 Å². The quantitative estimate of drug-likeness (QED) is 0.558. The van der Waals surface area contributed by atoms with Gasteiger partial charge in [0.2, 0.25) is 0 Å². The SMILES string of the molecule is C#CCOC(=O)c1cnc2cccnc2c1. The Morgan fingerprint density at radius 2 is 2.31 bits per heavy atom. The van der Waals surface area contributed by atoms with E-state index in [1.807, 2.05) is 6.07 Å².